The zero-order valence-electron chi connectivity index (χ0n) is 12.9. The Bertz CT molecular complexity index is 786. The maximum absolute atomic E-state index is 14.0. The molecule has 0 amide bonds. The Hall–Kier alpha value is -0.990. The molecule has 1 atom stereocenters. The second kappa shape index (κ2) is 7.09. The number of alkyl halides is 3. The fourth-order valence-corrected chi connectivity index (χ4v) is 6.06. The summed E-state index contributed by atoms with van der Waals surface area (Å²) < 4.78 is 37.8. The Kier molecular flexibility index (Phi) is 5.71. The second-order valence-corrected chi connectivity index (χ2v) is 10.6. The number of halogens is 3. The van der Waals surface area contributed by atoms with Gasteiger partial charge in [-0.3, -0.25) is 0 Å². The highest BCUT2D eigenvalue weighted by atomic mass is 35.5. The number of quaternary nitrogens is 1. The molecule has 0 fully saturated rings. The summed E-state index contributed by atoms with van der Waals surface area (Å²) >= 11 is 11.2. The summed E-state index contributed by atoms with van der Waals surface area (Å²) in [4.78, 5) is 0. The zero-order valence-corrected chi connectivity index (χ0v) is 16.1. The van der Waals surface area contributed by atoms with Crippen molar-refractivity contribution < 1.29 is 12.8 Å². The molecular weight excluding hydrogens is 394 g/mol. The molecule has 0 N–H and O–H groups in total. The summed E-state index contributed by atoms with van der Waals surface area (Å²) in [6.45, 7) is 0. The van der Waals surface area contributed by atoms with Crippen molar-refractivity contribution in [3.63, 3.8) is 0 Å². The third kappa shape index (κ3) is 3.97. The van der Waals surface area contributed by atoms with Crippen molar-refractivity contribution in [1.29, 1.82) is 0 Å². The zero-order chi connectivity index (χ0) is 18.0. The molecule has 130 valence electrons. The summed E-state index contributed by atoms with van der Waals surface area (Å²) in [7, 11) is -1.39. The van der Waals surface area contributed by atoms with Crippen LogP contribution < -0.4 is 7.60 Å². The molecule has 24 heavy (non-hydrogen) atoms. The number of nitrogens with zero attached hydrogens (tertiary/aromatic N) is 2. The van der Waals surface area contributed by atoms with Gasteiger partial charge in [-0.25, -0.2) is 4.31 Å². The lowest BCUT2D eigenvalue weighted by Gasteiger charge is -2.34. The molecular formula is C15H16Cl2FN2O2S2+. The molecule has 2 aromatic rings. The second-order valence-electron chi connectivity index (χ2n) is 5.00. The molecule has 0 saturated heterocycles. The van der Waals surface area contributed by atoms with Gasteiger partial charge in [-0.15, -0.1) is 3.29 Å². The first-order chi connectivity index (χ1) is 11.1. The summed E-state index contributed by atoms with van der Waals surface area (Å²) in [6, 6.07) is 16.7. The third-order valence-electron chi connectivity index (χ3n) is 3.41. The molecule has 1 unspecified atom stereocenters. The number of anilines is 1. The quantitative estimate of drug-likeness (QED) is 0.393. The summed E-state index contributed by atoms with van der Waals surface area (Å²) in [5.74, 6) is 0. The van der Waals surface area contributed by atoms with Crippen molar-refractivity contribution in [3.05, 3.63) is 60.7 Å². The van der Waals surface area contributed by atoms with E-state index in [4.69, 9.17) is 23.2 Å². The van der Waals surface area contributed by atoms with E-state index in [1.807, 2.05) is 0 Å². The van der Waals surface area contributed by atoms with Crippen molar-refractivity contribution in [3.8, 4) is 0 Å². The minimum atomic E-state index is -4.11. The van der Waals surface area contributed by atoms with Gasteiger partial charge in [0.15, 0.2) is 17.6 Å². The topological polar surface area (TPSA) is 37.4 Å². The summed E-state index contributed by atoms with van der Waals surface area (Å²) in [5.41, 5.74) is 0.751. The standard InChI is InChI=1S/C15H16Cl2FN2O2S2/c1-19(13-9-5-3-6-10-13)24(21,22)20(2,23-15(16,17)18)14-11-7-4-8-12-14/h3-12H,1-2H3/q+1. The highest BCUT2D eigenvalue weighted by Gasteiger charge is 2.52. The van der Waals surface area contributed by atoms with Crippen molar-refractivity contribution in [1.82, 2.24) is 3.29 Å². The number of hydrogen-bond donors (Lipinski definition) is 0. The van der Waals surface area contributed by atoms with Crippen molar-refractivity contribution in [2.24, 2.45) is 0 Å². The van der Waals surface area contributed by atoms with Gasteiger partial charge < -0.3 is 0 Å². The molecule has 2 aromatic carbocycles. The molecule has 0 aromatic heterocycles. The van der Waals surface area contributed by atoms with Gasteiger partial charge >= 0.3 is 14.1 Å². The predicted octanol–water partition coefficient (Wildman–Crippen LogP) is 4.71. The van der Waals surface area contributed by atoms with Crippen LogP contribution in [0.4, 0.5) is 15.8 Å². The van der Waals surface area contributed by atoms with Crippen LogP contribution in [0, 0.1) is 0 Å². The van der Waals surface area contributed by atoms with Gasteiger partial charge in [-0.1, -0.05) is 36.4 Å². The normalized spacial score (nSPS) is 14.9. The van der Waals surface area contributed by atoms with E-state index < -0.39 is 17.4 Å². The van der Waals surface area contributed by atoms with Crippen molar-refractivity contribution in [2.75, 3.05) is 18.4 Å². The van der Waals surface area contributed by atoms with Gasteiger partial charge in [0.1, 0.15) is 7.05 Å². The van der Waals surface area contributed by atoms with Crippen LogP contribution >= 0.6 is 35.1 Å². The first kappa shape index (κ1) is 19.3. The van der Waals surface area contributed by atoms with E-state index in [0.29, 0.717) is 11.4 Å². The molecule has 0 aliphatic heterocycles. The largest absolute Gasteiger partial charge is 0.411 e. The molecule has 0 spiro atoms. The van der Waals surface area contributed by atoms with Crippen molar-refractivity contribution >= 4 is 56.7 Å². The van der Waals surface area contributed by atoms with E-state index in [2.05, 4.69) is 0 Å². The molecule has 2 rings (SSSR count). The number of hydrogen-bond acceptors (Lipinski definition) is 3. The average Bonchev–Trinajstić information content (AvgIpc) is 2.54. The molecule has 4 nitrogen and oxygen atoms in total. The van der Waals surface area contributed by atoms with Crippen LogP contribution in [0.1, 0.15) is 0 Å². The van der Waals surface area contributed by atoms with Crippen LogP contribution in [-0.4, -0.2) is 26.4 Å². The van der Waals surface area contributed by atoms with Gasteiger partial charge in [0.05, 0.1) is 5.69 Å². The highest BCUT2D eigenvalue weighted by molar-refractivity contribution is 8.14. The maximum Gasteiger partial charge on any atom is 0.411 e. The van der Waals surface area contributed by atoms with Crippen LogP contribution in [0.3, 0.4) is 0 Å². The SMILES string of the molecule is CN(c1ccccc1)S(=O)(=O)[N+](C)(SC(F)(Cl)Cl)c1ccccc1. The minimum Gasteiger partial charge on any atom is -0.227 e. The number of rotatable bonds is 6. The summed E-state index contributed by atoms with van der Waals surface area (Å²) in [5, 5.41) is 0. The molecule has 9 heteroatoms. The summed E-state index contributed by atoms with van der Waals surface area (Å²) in [6.07, 6.45) is 0. The van der Waals surface area contributed by atoms with Gasteiger partial charge in [0.25, 0.3) is 0 Å². The highest BCUT2D eigenvalue weighted by Crippen LogP contribution is 2.47. The Morgan fingerprint density at radius 2 is 1.50 bits per heavy atom. The first-order valence-corrected chi connectivity index (χ1v) is 9.74. The van der Waals surface area contributed by atoms with E-state index >= 15 is 0 Å². The lowest BCUT2D eigenvalue weighted by atomic mass is 10.3. The fraction of sp³-hybridized carbons (Fsp3) is 0.200. The number of benzene rings is 2. The molecule has 0 radical (unpaired) electrons. The van der Waals surface area contributed by atoms with Crippen LogP contribution in [0.5, 0.6) is 0 Å². The molecule has 0 aliphatic rings. The van der Waals surface area contributed by atoms with E-state index in [1.54, 1.807) is 60.7 Å². The lowest BCUT2D eigenvalue weighted by Crippen LogP contribution is -2.52. The molecule has 0 aliphatic carbocycles. The van der Waals surface area contributed by atoms with E-state index in [0.717, 1.165) is 4.31 Å². The lowest BCUT2D eigenvalue weighted by molar-refractivity contribution is 0.503. The Labute approximate surface area is 155 Å². The fourth-order valence-electron chi connectivity index (χ4n) is 2.13. The smallest absolute Gasteiger partial charge is 0.227 e. The van der Waals surface area contributed by atoms with Gasteiger partial charge in [0.2, 0.25) is 0 Å². The molecule has 0 heterocycles. The number of para-hydroxylation sites is 2. The van der Waals surface area contributed by atoms with Crippen LogP contribution in [0.25, 0.3) is 0 Å². The predicted molar refractivity (Wildman–Crippen MR) is 101 cm³/mol. The first-order valence-electron chi connectivity index (χ1n) is 6.82. The van der Waals surface area contributed by atoms with Crippen LogP contribution in [0.2, 0.25) is 0 Å². The maximum atomic E-state index is 14.0. The van der Waals surface area contributed by atoms with Gasteiger partial charge in [0, 0.05) is 19.2 Å². The third-order valence-corrected chi connectivity index (χ3v) is 7.37. The molecule has 0 bridgehead atoms. The van der Waals surface area contributed by atoms with E-state index in [-0.39, 0.29) is 11.9 Å². The Morgan fingerprint density at radius 3 is 1.96 bits per heavy atom. The van der Waals surface area contributed by atoms with Gasteiger partial charge in [-0.2, -0.15) is 12.8 Å². The molecule has 0 saturated carbocycles. The minimum absolute atomic E-state index is 0.259. The van der Waals surface area contributed by atoms with Crippen LogP contribution in [-0.2, 0) is 10.2 Å². The monoisotopic (exact) mass is 409 g/mol. The van der Waals surface area contributed by atoms with E-state index in [9.17, 15) is 12.8 Å². The van der Waals surface area contributed by atoms with Gasteiger partial charge in [-0.05, 0) is 35.3 Å². The Morgan fingerprint density at radius 1 is 1.04 bits per heavy atom. The average molecular weight is 410 g/mol. The van der Waals surface area contributed by atoms with E-state index in [1.165, 1.54) is 14.1 Å². The Balaban J connectivity index is 2.58. The van der Waals surface area contributed by atoms with Crippen molar-refractivity contribution in [2.45, 2.75) is 3.92 Å². The van der Waals surface area contributed by atoms with Crippen LogP contribution in [0.15, 0.2) is 60.7 Å².